The predicted octanol–water partition coefficient (Wildman–Crippen LogP) is 7.14. The average molecular weight is 485 g/mol. The Morgan fingerprint density at radius 3 is 2.47 bits per heavy atom. The standard InChI is InChI=1S/C28H37ClN2O3/c1-27(2)17-32-28(34-33-27)15-20-12-19(13-21(20)16-28)11-18-3-6-23(7-4-18)31-25-9-10-30-26-14-22(29)5-8-24(25)26/h5,8-10,14,18-21,23H,3-4,6-7,11-13,15-17H2,1-2H3,(H,30,31)/t18?,19?,20-,21+,23?,28?. The van der Waals surface area contributed by atoms with Gasteiger partial charge in [0, 0.05) is 41.2 Å². The Hall–Kier alpha value is -1.40. The second-order valence-corrected chi connectivity index (χ2v) is 12.4. The highest BCUT2D eigenvalue weighted by atomic mass is 35.5. The van der Waals surface area contributed by atoms with Crippen molar-refractivity contribution in [2.45, 2.75) is 89.1 Å². The number of anilines is 1. The third-order valence-electron chi connectivity index (χ3n) is 8.76. The molecule has 4 atom stereocenters. The van der Waals surface area contributed by atoms with E-state index in [4.69, 9.17) is 26.1 Å². The van der Waals surface area contributed by atoms with Crippen LogP contribution in [0.15, 0.2) is 30.5 Å². The Balaban J connectivity index is 0.979. The largest absolute Gasteiger partial charge is 0.382 e. The zero-order chi connectivity index (χ0) is 23.3. The van der Waals surface area contributed by atoms with E-state index in [-0.39, 0.29) is 5.60 Å². The second-order valence-electron chi connectivity index (χ2n) is 12.0. The highest BCUT2D eigenvalue weighted by Gasteiger charge is 2.54. The van der Waals surface area contributed by atoms with E-state index in [2.05, 4.69) is 22.4 Å². The fraction of sp³-hybridized carbons (Fsp3) is 0.679. The molecule has 1 N–H and O–H groups in total. The molecule has 2 unspecified atom stereocenters. The third-order valence-corrected chi connectivity index (χ3v) is 9.00. The zero-order valence-electron chi connectivity index (χ0n) is 20.4. The number of benzene rings is 1. The van der Waals surface area contributed by atoms with Gasteiger partial charge in [-0.2, -0.15) is 0 Å². The predicted molar refractivity (Wildman–Crippen MR) is 135 cm³/mol. The van der Waals surface area contributed by atoms with Crippen molar-refractivity contribution in [2.75, 3.05) is 11.9 Å². The highest BCUT2D eigenvalue weighted by Crippen LogP contribution is 2.55. The molecule has 184 valence electrons. The van der Waals surface area contributed by atoms with Crippen molar-refractivity contribution in [3.63, 3.8) is 0 Å². The fourth-order valence-corrected chi connectivity index (χ4v) is 7.29. The Bertz CT molecular complexity index is 1010. The number of aromatic nitrogens is 1. The summed E-state index contributed by atoms with van der Waals surface area (Å²) in [4.78, 5) is 16.0. The minimum Gasteiger partial charge on any atom is -0.382 e. The lowest BCUT2D eigenvalue weighted by atomic mass is 9.79. The van der Waals surface area contributed by atoms with Crippen LogP contribution in [0.4, 0.5) is 5.69 Å². The highest BCUT2D eigenvalue weighted by molar-refractivity contribution is 6.31. The van der Waals surface area contributed by atoms with Crippen LogP contribution in [0.1, 0.15) is 71.6 Å². The van der Waals surface area contributed by atoms with E-state index in [1.807, 2.05) is 32.2 Å². The maximum Gasteiger partial charge on any atom is 0.202 e. The normalized spacial score (nSPS) is 37.2. The minimum absolute atomic E-state index is 0.336. The van der Waals surface area contributed by atoms with Gasteiger partial charge in [0.25, 0.3) is 0 Å². The van der Waals surface area contributed by atoms with Gasteiger partial charge in [-0.15, -0.1) is 0 Å². The van der Waals surface area contributed by atoms with Crippen molar-refractivity contribution < 1.29 is 14.5 Å². The van der Waals surface area contributed by atoms with E-state index in [1.165, 1.54) is 50.6 Å². The summed E-state index contributed by atoms with van der Waals surface area (Å²) in [6.07, 6.45) is 13.1. The number of hydrogen-bond acceptors (Lipinski definition) is 5. The quantitative estimate of drug-likeness (QED) is 0.467. The van der Waals surface area contributed by atoms with Gasteiger partial charge in [-0.05, 0) is 107 Å². The van der Waals surface area contributed by atoms with Crippen molar-refractivity contribution in [2.24, 2.45) is 23.7 Å². The van der Waals surface area contributed by atoms with E-state index in [1.54, 1.807) is 0 Å². The molecule has 4 aliphatic rings. The first-order chi connectivity index (χ1) is 16.4. The van der Waals surface area contributed by atoms with Gasteiger partial charge in [0.05, 0.1) is 12.1 Å². The SMILES string of the molecule is CC1(C)COC2(C[C@H]3CC(CC4CCC(Nc5ccnc6cc(Cl)ccc56)CC4)C[C@H]3C2)OO1. The van der Waals surface area contributed by atoms with Crippen molar-refractivity contribution in [3.05, 3.63) is 35.5 Å². The summed E-state index contributed by atoms with van der Waals surface area (Å²) < 4.78 is 6.19. The topological polar surface area (TPSA) is 52.6 Å². The average Bonchev–Trinajstić information content (AvgIpc) is 3.33. The number of hydrogen-bond donors (Lipinski definition) is 1. The Morgan fingerprint density at radius 2 is 1.76 bits per heavy atom. The van der Waals surface area contributed by atoms with Crippen molar-refractivity contribution in [1.29, 1.82) is 0 Å². The van der Waals surface area contributed by atoms with E-state index in [9.17, 15) is 0 Å². The summed E-state index contributed by atoms with van der Waals surface area (Å²) >= 11 is 6.15. The maximum atomic E-state index is 6.19. The molecule has 5 nitrogen and oxygen atoms in total. The number of nitrogens with one attached hydrogen (secondary N) is 1. The lowest BCUT2D eigenvalue weighted by molar-refractivity contribution is -0.506. The second kappa shape index (κ2) is 8.92. The lowest BCUT2D eigenvalue weighted by Crippen LogP contribution is -2.48. The van der Waals surface area contributed by atoms with Crippen LogP contribution in [-0.2, 0) is 14.5 Å². The van der Waals surface area contributed by atoms with Gasteiger partial charge < -0.3 is 10.1 Å². The van der Waals surface area contributed by atoms with Gasteiger partial charge in [-0.1, -0.05) is 11.6 Å². The molecule has 1 spiro atoms. The molecular formula is C28H37ClN2O3. The number of halogens is 1. The number of rotatable bonds is 4. The molecule has 0 amide bonds. The molecule has 1 saturated heterocycles. The van der Waals surface area contributed by atoms with Crippen LogP contribution >= 0.6 is 11.6 Å². The van der Waals surface area contributed by atoms with Crippen molar-refractivity contribution in [1.82, 2.24) is 4.98 Å². The molecule has 1 aliphatic heterocycles. The van der Waals surface area contributed by atoms with Crippen LogP contribution < -0.4 is 5.32 Å². The van der Waals surface area contributed by atoms with E-state index in [0.29, 0.717) is 12.6 Å². The summed E-state index contributed by atoms with van der Waals surface area (Å²) in [6, 6.07) is 8.62. The smallest absolute Gasteiger partial charge is 0.202 e. The van der Waals surface area contributed by atoms with Crippen LogP contribution in [0.5, 0.6) is 0 Å². The molecule has 6 heteroatoms. The van der Waals surface area contributed by atoms with Gasteiger partial charge >= 0.3 is 0 Å². The first kappa shape index (κ1) is 23.0. The van der Waals surface area contributed by atoms with Crippen LogP contribution in [0, 0.1) is 23.7 Å². The molecule has 34 heavy (non-hydrogen) atoms. The maximum absolute atomic E-state index is 6.19. The van der Waals surface area contributed by atoms with Gasteiger partial charge in [-0.25, -0.2) is 9.78 Å². The number of ether oxygens (including phenoxy) is 1. The molecule has 1 aromatic carbocycles. The van der Waals surface area contributed by atoms with Gasteiger partial charge in [0.2, 0.25) is 5.79 Å². The molecule has 4 fully saturated rings. The molecule has 1 aromatic heterocycles. The van der Waals surface area contributed by atoms with Crippen LogP contribution in [0.25, 0.3) is 10.9 Å². The fourth-order valence-electron chi connectivity index (χ4n) is 7.12. The molecule has 0 radical (unpaired) electrons. The monoisotopic (exact) mass is 484 g/mol. The number of fused-ring (bicyclic) bond motifs is 2. The summed E-state index contributed by atoms with van der Waals surface area (Å²) in [6.45, 7) is 4.66. The summed E-state index contributed by atoms with van der Waals surface area (Å²) in [5.74, 6) is 2.75. The van der Waals surface area contributed by atoms with E-state index in [0.717, 1.165) is 52.4 Å². The summed E-state index contributed by atoms with van der Waals surface area (Å²) in [7, 11) is 0. The van der Waals surface area contributed by atoms with Gasteiger partial charge in [-0.3, -0.25) is 4.98 Å². The van der Waals surface area contributed by atoms with E-state index < -0.39 is 5.79 Å². The molecule has 6 rings (SSSR count). The molecular weight excluding hydrogens is 448 g/mol. The van der Waals surface area contributed by atoms with Gasteiger partial charge in [0.1, 0.15) is 5.60 Å². The van der Waals surface area contributed by atoms with Gasteiger partial charge in [0.15, 0.2) is 0 Å². The molecule has 2 heterocycles. The minimum atomic E-state index is -0.470. The van der Waals surface area contributed by atoms with Crippen LogP contribution in [-0.4, -0.2) is 29.0 Å². The van der Waals surface area contributed by atoms with Crippen LogP contribution in [0.2, 0.25) is 5.02 Å². The summed E-state index contributed by atoms with van der Waals surface area (Å²) in [5.41, 5.74) is 1.80. The lowest BCUT2D eigenvalue weighted by Gasteiger charge is -2.40. The third kappa shape index (κ3) is 4.69. The molecule has 3 saturated carbocycles. The Labute approximate surface area is 207 Å². The number of pyridine rings is 1. The van der Waals surface area contributed by atoms with Crippen molar-refractivity contribution in [3.8, 4) is 0 Å². The van der Waals surface area contributed by atoms with E-state index >= 15 is 0 Å². The Morgan fingerprint density at radius 1 is 1.00 bits per heavy atom. The van der Waals surface area contributed by atoms with Crippen LogP contribution in [0.3, 0.4) is 0 Å². The molecule has 2 aromatic rings. The first-order valence-electron chi connectivity index (χ1n) is 13.2. The first-order valence-corrected chi connectivity index (χ1v) is 13.6. The summed E-state index contributed by atoms with van der Waals surface area (Å²) in [5, 5.41) is 5.70. The Kier molecular flexibility index (Phi) is 6.04. The number of nitrogens with zero attached hydrogens (tertiary/aromatic N) is 1. The van der Waals surface area contributed by atoms with Crippen molar-refractivity contribution >= 4 is 28.2 Å². The molecule has 3 aliphatic carbocycles. The zero-order valence-corrected chi connectivity index (χ0v) is 21.2. The molecule has 0 bridgehead atoms.